The summed E-state index contributed by atoms with van der Waals surface area (Å²) in [4.78, 5) is 2.84. The van der Waals surface area contributed by atoms with Crippen molar-refractivity contribution < 1.29 is 0 Å². The third kappa shape index (κ3) is 4.11. The number of thioether (sulfide) groups is 1. The first-order valence-corrected chi connectivity index (χ1v) is 7.84. The lowest BCUT2D eigenvalue weighted by Gasteiger charge is -2.30. The third-order valence-electron chi connectivity index (χ3n) is 1.86. The maximum atomic E-state index is 4.38. The Morgan fingerprint density at radius 2 is 1.21 bits per heavy atom. The summed E-state index contributed by atoms with van der Waals surface area (Å²) in [7, 11) is 1.59. The van der Waals surface area contributed by atoms with Gasteiger partial charge in [0.1, 0.15) is 0 Å². The summed E-state index contributed by atoms with van der Waals surface area (Å²) in [5, 5.41) is 0. The van der Waals surface area contributed by atoms with Crippen LogP contribution in [0.4, 0.5) is 0 Å². The molecule has 0 unspecified atom stereocenters. The molecule has 0 aromatic carbocycles. The fourth-order valence-electron chi connectivity index (χ4n) is 1.26. The molecule has 0 rings (SSSR count). The Kier molecular flexibility index (Phi) is 5.51. The fourth-order valence-corrected chi connectivity index (χ4v) is 4.68. The summed E-state index contributed by atoms with van der Waals surface area (Å²) in [6.45, 7) is 13.5. The van der Waals surface area contributed by atoms with Gasteiger partial charge in [-0.15, -0.1) is 23.4 Å². The van der Waals surface area contributed by atoms with Crippen LogP contribution in [0.5, 0.6) is 0 Å². The Labute approximate surface area is 103 Å². The van der Waals surface area contributed by atoms with E-state index in [0.29, 0.717) is 0 Å². The molecule has 0 amide bonds. The molecule has 0 N–H and O–H groups in total. The summed E-state index contributed by atoms with van der Waals surface area (Å²) in [5.41, 5.74) is 0.412. The molecule has 0 spiro atoms. The highest BCUT2D eigenvalue weighted by atomic mass is 33.1. The maximum absolute atomic E-state index is 4.38. The monoisotopic (exact) mass is 250 g/mol. The number of rotatable bonds is 2. The van der Waals surface area contributed by atoms with Gasteiger partial charge in [0.05, 0.1) is 0 Å². The first kappa shape index (κ1) is 14.8. The zero-order chi connectivity index (χ0) is 11.6. The Morgan fingerprint density at radius 3 is 1.29 bits per heavy atom. The van der Waals surface area contributed by atoms with Crippen molar-refractivity contribution in [2.75, 3.05) is 6.26 Å². The van der Waals surface area contributed by atoms with Gasteiger partial charge in [0.2, 0.25) is 0 Å². The van der Waals surface area contributed by atoms with E-state index in [4.69, 9.17) is 0 Å². The molecule has 0 nitrogen and oxygen atoms in total. The number of allylic oxidation sites excluding steroid dienone is 2. The van der Waals surface area contributed by atoms with E-state index >= 15 is 0 Å². The molecule has 0 aliphatic heterocycles. The van der Waals surface area contributed by atoms with Crippen molar-refractivity contribution in [1.82, 2.24) is 0 Å². The van der Waals surface area contributed by atoms with Crippen molar-refractivity contribution in [2.45, 2.75) is 41.5 Å². The van der Waals surface area contributed by atoms with Crippen LogP contribution in [-0.2, 0) is 0 Å². The lowest BCUT2D eigenvalue weighted by molar-refractivity contribution is 0.487. The fraction of sp³-hybridized carbons (Fsp3) is 0.818. The Bertz CT molecular complexity index is 192. The second-order valence-electron chi connectivity index (χ2n) is 5.45. The van der Waals surface area contributed by atoms with Crippen molar-refractivity contribution in [2.24, 2.45) is 10.8 Å². The van der Waals surface area contributed by atoms with E-state index in [1.807, 2.05) is 11.8 Å². The summed E-state index contributed by atoms with van der Waals surface area (Å²) >= 11 is 6.23. The Balaban J connectivity index is 5.36. The van der Waals surface area contributed by atoms with E-state index in [0.717, 1.165) is 0 Å². The van der Waals surface area contributed by atoms with Crippen LogP contribution in [0.2, 0.25) is 0 Å². The Morgan fingerprint density at radius 1 is 0.857 bits per heavy atom. The number of thiol groups is 1. The van der Waals surface area contributed by atoms with E-state index in [2.05, 4.69) is 59.5 Å². The van der Waals surface area contributed by atoms with Crippen molar-refractivity contribution in [3.63, 3.8) is 0 Å². The minimum absolute atomic E-state index is 0.192. The predicted octanol–water partition coefficient (Wildman–Crippen LogP) is 5.23. The van der Waals surface area contributed by atoms with Crippen LogP contribution in [-0.4, -0.2) is 6.26 Å². The van der Waals surface area contributed by atoms with E-state index in [-0.39, 0.29) is 10.8 Å². The molecule has 0 saturated carbocycles. The zero-order valence-electron chi connectivity index (χ0n) is 10.3. The highest BCUT2D eigenvalue weighted by Gasteiger charge is 2.27. The van der Waals surface area contributed by atoms with Crippen molar-refractivity contribution in [1.29, 1.82) is 0 Å². The highest BCUT2D eigenvalue weighted by molar-refractivity contribution is 8.70. The van der Waals surface area contributed by atoms with E-state index in [1.165, 1.54) is 9.81 Å². The SMILES string of the molecule is CS/C(=C(\SS)C(C)(C)C)C(C)(C)C. The predicted molar refractivity (Wildman–Crippen MR) is 76.0 cm³/mol. The van der Waals surface area contributed by atoms with E-state index in [1.54, 1.807) is 10.8 Å². The molecule has 0 heterocycles. The molecule has 0 fully saturated rings. The van der Waals surface area contributed by atoms with Crippen LogP contribution in [0, 0.1) is 10.8 Å². The van der Waals surface area contributed by atoms with Gasteiger partial charge in [-0.25, -0.2) is 0 Å². The van der Waals surface area contributed by atoms with Gasteiger partial charge in [0, 0.05) is 9.81 Å². The molecular formula is C11H22S3. The molecule has 3 heteroatoms. The molecule has 0 bridgehead atoms. The van der Waals surface area contributed by atoms with E-state index in [9.17, 15) is 0 Å². The van der Waals surface area contributed by atoms with Crippen LogP contribution in [0.15, 0.2) is 9.81 Å². The third-order valence-corrected chi connectivity index (χ3v) is 4.76. The van der Waals surface area contributed by atoms with Crippen LogP contribution in [0.1, 0.15) is 41.5 Å². The van der Waals surface area contributed by atoms with Gasteiger partial charge in [-0.2, -0.15) is 0 Å². The van der Waals surface area contributed by atoms with Crippen molar-refractivity contribution in [3.8, 4) is 0 Å². The lowest BCUT2D eigenvalue weighted by atomic mass is 9.88. The van der Waals surface area contributed by atoms with Crippen molar-refractivity contribution in [3.05, 3.63) is 9.81 Å². The van der Waals surface area contributed by atoms with Crippen LogP contribution >= 0.6 is 34.2 Å². The van der Waals surface area contributed by atoms with Crippen LogP contribution in [0.25, 0.3) is 0 Å². The molecule has 0 atom stereocenters. The van der Waals surface area contributed by atoms with E-state index < -0.39 is 0 Å². The number of hydrogen-bond donors (Lipinski definition) is 1. The highest BCUT2D eigenvalue weighted by Crippen LogP contribution is 2.47. The minimum atomic E-state index is 0.192. The Hall–Kier alpha value is 0.790. The first-order chi connectivity index (χ1) is 6.14. The molecule has 0 saturated heterocycles. The molecular weight excluding hydrogens is 228 g/mol. The summed E-state index contributed by atoms with van der Waals surface area (Å²) in [5.74, 6) is 0. The largest absolute Gasteiger partial charge is 0.133 e. The lowest BCUT2D eigenvalue weighted by Crippen LogP contribution is -2.15. The second kappa shape index (κ2) is 5.22. The smallest absolute Gasteiger partial charge is 0.0109 e. The standard InChI is InChI=1S/C11H22S3/c1-10(2,3)8(13-7)9(14-12)11(4,5)6/h12H,1-7H3/b9-8-. The molecule has 0 aliphatic carbocycles. The van der Waals surface area contributed by atoms with Crippen LogP contribution in [0.3, 0.4) is 0 Å². The first-order valence-electron chi connectivity index (χ1n) is 4.75. The maximum Gasteiger partial charge on any atom is 0.0109 e. The van der Waals surface area contributed by atoms with Gasteiger partial charge in [-0.05, 0) is 17.1 Å². The second-order valence-corrected chi connectivity index (χ2v) is 7.41. The quantitative estimate of drug-likeness (QED) is 0.526. The van der Waals surface area contributed by atoms with Gasteiger partial charge in [0.15, 0.2) is 0 Å². The zero-order valence-corrected chi connectivity index (χ0v) is 12.8. The van der Waals surface area contributed by atoms with Gasteiger partial charge >= 0.3 is 0 Å². The van der Waals surface area contributed by atoms with Gasteiger partial charge in [-0.3, -0.25) is 0 Å². The summed E-state index contributed by atoms with van der Waals surface area (Å²) in [6, 6.07) is 0. The molecule has 0 aliphatic rings. The van der Waals surface area contributed by atoms with Gasteiger partial charge < -0.3 is 0 Å². The molecule has 84 valence electrons. The van der Waals surface area contributed by atoms with Crippen LogP contribution < -0.4 is 0 Å². The van der Waals surface area contributed by atoms with Crippen molar-refractivity contribution >= 4 is 34.2 Å². The molecule has 0 aromatic rings. The number of hydrogen-bond acceptors (Lipinski definition) is 3. The topological polar surface area (TPSA) is 0 Å². The molecule has 0 radical (unpaired) electrons. The normalized spacial score (nSPS) is 15.4. The van der Waals surface area contributed by atoms with Gasteiger partial charge in [0.25, 0.3) is 0 Å². The van der Waals surface area contributed by atoms with Gasteiger partial charge in [-0.1, -0.05) is 52.3 Å². The molecule has 14 heavy (non-hydrogen) atoms. The summed E-state index contributed by atoms with van der Waals surface area (Å²) < 4.78 is 0. The minimum Gasteiger partial charge on any atom is -0.133 e. The average Bonchev–Trinajstić information content (AvgIpc) is 1.94. The average molecular weight is 250 g/mol. The molecule has 0 aromatic heterocycles. The summed E-state index contributed by atoms with van der Waals surface area (Å²) in [6.07, 6.45) is 2.15.